The first kappa shape index (κ1) is 34.0. The molecule has 0 aliphatic rings. The van der Waals surface area contributed by atoms with Crippen molar-refractivity contribution in [2.45, 2.75) is 0 Å². The second kappa shape index (κ2) is 13.8. The van der Waals surface area contributed by atoms with Gasteiger partial charge in [0, 0.05) is 61.7 Å². The molecule has 0 atom stereocenters. The number of hydrogen-bond acceptors (Lipinski definition) is 4. The van der Waals surface area contributed by atoms with Crippen LogP contribution in [-0.4, -0.2) is 0 Å². The van der Waals surface area contributed by atoms with Crippen LogP contribution in [0.1, 0.15) is 0 Å². The van der Waals surface area contributed by atoms with E-state index in [0.29, 0.717) is 0 Å². The van der Waals surface area contributed by atoms with Gasteiger partial charge in [0.1, 0.15) is 22.3 Å². The first-order valence-corrected chi connectivity index (χ1v) is 20.3. The van der Waals surface area contributed by atoms with E-state index in [4.69, 9.17) is 8.83 Å². The second-order valence-corrected chi connectivity index (χ2v) is 15.3. The van der Waals surface area contributed by atoms with Crippen LogP contribution in [0.3, 0.4) is 0 Å². The number of furan rings is 2. The van der Waals surface area contributed by atoms with Crippen molar-refractivity contribution in [2.75, 3.05) is 9.80 Å². The van der Waals surface area contributed by atoms with Gasteiger partial charge in [0.25, 0.3) is 0 Å². The molecule has 0 spiro atoms. The molecule has 2 heterocycles. The molecule has 60 heavy (non-hydrogen) atoms. The predicted octanol–water partition coefficient (Wildman–Crippen LogP) is 16.4. The molecule has 0 aliphatic heterocycles. The first-order valence-electron chi connectivity index (χ1n) is 20.3. The van der Waals surface area contributed by atoms with Gasteiger partial charge in [0.2, 0.25) is 0 Å². The monoisotopic (exact) mass is 768 g/mol. The molecule has 12 rings (SSSR count). The van der Waals surface area contributed by atoms with Gasteiger partial charge in [-0.1, -0.05) is 121 Å². The molecule has 0 fully saturated rings. The highest BCUT2D eigenvalue weighted by molar-refractivity contribution is 6.14. The number of benzene rings is 10. The molecule has 0 N–H and O–H groups in total. The lowest BCUT2D eigenvalue weighted by molar-refractivity contribution is 0.668. The van der Waals surface area contributed by atoms with Crippen LogP contribution in [0.25, 0.3) is 76.5 Å². The topological polar surface area (TPSA) is 32.8 Å². The average molecular weight is 769 g/mol. The minimum atomic E-state index is 0.845. The summed E-state index contributed by atoms with van der Waals surface area (Å²) in [6.45, 7) is 0. The minimum Gasteiger partial charge on any atom is -0.456 e. The number of para-hydroxylation sites is 4. The lowest BCUT2D eigenvalue weighted by Gasteiger charge is -2.30. The standard InChI is InChI=1S/C56H36N2O2/c1-3-16-39(17-4-1)57(41-28-30-55-52(35-41)49-24-12-14-26-54(49)59-55)43-31-38(51-33-37-15-7-8-20-45(37)46-21-9-10-22-47(46)51)32-44(34-43)58(40-18-5-2-6-19-40)42-27-29-50-48-23-11-13-25-53(48)60-56(50)36-42/h1-36H. The van der Waals surface area contributed by atoms with E-state index in [9.17, 15) is 0 Å². The Morgan fingerprint density at radius 2 is 0.733 bits per heavy atom. The van der Waals surface area contributed by atoms with Gasteiger partial charge in [0.15, 0.2) is 0 Å². The average Bonchev–Trinajstić information content (AvgIpc) is 3.87. The summed E-state index contributed by atoms with van der Waals surface area (Å²) < 4.78 is 12.8. The van der Waals surface area contributed by atoms with Crippen molar-refractivity contribution in [3.8, 4) is 11.1 Å². The minimum absolute atomic E-state index is 0.845. The van der Waals surface area contributed by atoms with Crippen LogP contribution in [0.2, 0.25) is 0 Å². The highest BCUT2D eigenvalue weighted by Crippen LogP contribution is 2.46. The summed E-state index contributed by atoms with van der Waals surface area (Å²) >= 11 is 0. The Hall–Kier alpha value is -8.08. The fourth-order valence-corrected chi connectivity index (χ4v) is 9.06. The highest BCUT2D eigenvalue weighted by atomic mass is 16.3. The summed E-state index contributed by atoms with van der Waals surface area (Å²) in [7, 11) is 0. The number of rotatable bonds is 7. The van der Waals surface area contributed by atoms with Crippen LogP contribution < -0.4 is 9.80 Å². The van der Waals surface area contributed by atoms with E-state index < -0.39 is 0 Å². The van der Waals surface area contributed by atoms with Crippen molar-refractivity contribution in [1.82, 2.24) is 0 Å². The van der Waals surface area contributed by atoms with Crippen molar-refractivity contribution in [3.63, 3.8) is 0 Å². The van der Waals surface area contributed by atoms with Crippen LogP contribution in [0.4, 0.5) is 34.1 Å². The molecule has 282 valence electrons. The van der Waals surface area contributed by atoms with Gasteiger partial charge >= 0.3 is 0 Å². The maximum atomic E-state index is 6.49. The molecular formula is C56H36N2O2. The third-order valence-corrected chi connectivity index (χ3v) is 11.8. The van der Waals surface area contributed by atoms with Gasteiger partial charge in [-0.25, -0.2) is 0 Å². The third-order valence-electron chi connectivity index (χ3n) is 11.8. The first-order chi connectivity index (χ1) is 29.7. The third kappa shape index (κ3) is 5.61. The normalized spacial score (nSPS) is 11.7. The molecule has 0 saturated heterocycles. The molecule has 0 unspecified atom stereocenters. The summed E-state index contributed by atoms with van der Waals surface area (Å²) in [6, 6.07) is 77.7. The highest BCUT2D eigenvalue weighted by Gasteiger charge is 2.22. The van der Waals surface area contributed by atoms with Gasteiger partial charge in [-0.15, -0.1) is 0 Å². The van der Waals surface area contributed by atoms with Gasteiger partial charge in [0.05, 0.1) is 0 Å². The molecule has 0 aliphatic carbocycles. The van der Waals surface area contributed by atoms with E-state index in [2.05, 4.69) is 204 Å². The molecule has 4 nitrogen and oxygen atoms in total. The van der Waals surface area contributed by atoms with Crippen LogP contribution in [0, 0.1) is 0 Å². The van der Waals surface area contributed by atoms with Gasteiger partial charge in [-0.2, -0.15) is 0 Å². The molecule has 0 saturated carbocycles. The Bertz CT molecular complexity index is 3570. The molecule has 0 amide bonds. The van der Waals surface area contributed by atoms with E-state index in [1.54, 1.807) is 0 Å². The fourth-order valence-electron chi connectivity index (χ4n) is 9.06. The van der Waals surface area contributed by atoms with Crippen LogP contribution in [0.15, 0.2) is 227 Å². The van der Waals surface area contributed by atoms with Crippen molar-refractivity contribution in [2.24, 2.45) is 0 Å². The molecular weight excluding hydrogens is 733 g/mol. The van der Waals surface area contributed by atoms with E-state index >= 15 is 0 Å². The van der Waals surface area contributed by atoms with Gasteiger partial charge < -0.3 is 18.6 Å². The molecule has 12 aromatic rings. The summed E-state index contributed by atoms with van der Waals surface area (Å²) in [5, 5.41) is 9.24. The van der Waals surface area contributed by atoms with Crippen molar-refractivity contribution in [1.29, 1.82) is 0 Å². The zero-order valence-corrected chi connectivity index (χ0v) is 32.5. The molecule has 10 aromatic carbocycles. The second-order valence-electron chi connectivity index (χ2n) is 15.3. The Balaban J connectivity index is 1.15. The maximum absolute atomic E-state index is 6.49. The van der Waals surface area contributed by atoms with E-state index in [-0.39, 0.29) is 0 Å². The SMILES string of the molecule is c1ccc(N(c2cc(-c3cc4ccccc4c4ccccc34)cc(N(c3ccccc3)c3ccc4oc5ccccc5c4c3)c2)c2ccc3c(c2)oc2ccccc23)cc1. The molecule has 0 bridgehead atoms. The number of nitrogens with zero attached hydrogens (tertiary/aromatic N) is 2. The van der Waals surface area contributed by atoms with Crippen LogP contribution >= 0.6 is 0 Å². The predicted molar refractivity (Wildman–Crippen MR) is 251 cm³/mol. The zero-order valence-electron chi connectivity index (χ0n) is 32.5. The summed E-state index contributed by atoms with van der Waals surface area (Å²) in [6.07, 6.45) is 0. The van der Waals surface area contributed by atoms with E-state index in [1.807, 2.05) is 24.3 Å². The fraction of sp³-hybridized carbons (Fsp3) is 0. The van der Waals surface area contributed by atoms with Crippen molar-refractivity contribution < 1.29 is 8.83 Å². The zero-order chi connectivity index (χ0) is 39.6. The summed E-state index contributed by atoms with van der Waals surface area (Å²) in [5.41, 5.74) is 11.9. The van der Waals surface area contributed by atoms with Gasteiger partial charge in [-0.3, -0.25) is 0 Å². The largest absolute Gasteiger partial charge is 0.456 e. The number of hydrogen-bond donors (Lipinski definition) is 0. The van der Waals surface area contributed by atoms with Crippen LogP contribution in [0.5, 0.6) is 0 Å². The number of fused-ring (bicyclic) bond motifs is 9. The quantitative estimate of drug-likeness (QED) is 0.151. The lowest BCUT2D eigenvalue weighted by atomic mass is 9.92. The summed E-state index contributed by atoms with van der Waals surface area (Å²) in [4.78, 5) is 4.71. The molecule has 2 aromatic heterocycles. The Morgan fingerprint density at radius 1 is 0.250 bits per heavy atom. The summed E-state index contributed by atoms with van der Waals surface area (Å²) in [5.74, 6) is 0. The Morgan fingerprint density at radius 3 is 1.42 bits per heavy atom. The molecule has 0 radical (unpaired) electrons. The maximum Gasteiger partial charge on any atom is 0.137 e. The van der Waals surface area contributed by atoms with Crippen molar-refractivity contribution >= 4 is 99.5 Å². The van der Waals surface area contributed by atoms with E-state index in [1.165, 1.54) is 21.5 Å². The smallest absolute Gasteiger partial charge is 0.137 e. The van der Waals surface area contributed by atoms with Crippen LogP contribution in [-0.2, 0) is 0 Å². The number of anilines is 6. The lowest BCUT2D eigenvalue weighted by Crippen LogP contribution is -2.13. The van der Waals surface area contributed by atoms with Gasteiger partial charge in [-0.05, 0) is 124 Å². The Kier molecular flexibility index (Phi) is 7.82. The van der Waals surface area contributed by atoms with E-state index in [0.717, 1.165) is 89.1 Å². The molecule has 4 heteroatoms. The van der Waals surface area contributed by atoms with Crippen molar-refractivity contribution in [3.05, 3.63) is 218 Å². The Labute approximate surface area is 346 Å².